The van der Waals surface area contributed by atoms with Gasteiger partial charge in [0.2, 0.25) is 0 Å². The van der Waals surface area contributed by atoms with Crippen LogP contribution in [0.15, 0.2) is 47.1 Å². The molecule has 142 valence electrons. The molecule has 3 rings (SSSR count). The molecule has 0 saturated heterocycles. The zero-order valence-corrected chi connectivity index (χ0v) is 14.2. The fourth-order valence-corrected chi connectivity index (χ4v) is 2.60. The number of hydrogen-bond acceptors (Lipinski definition) is 3. The number of furan rings is 1. The third-order valence-electron chi connectivity index (χ3n) is 3.95. The summed E-state index contributed by atoms with van der Waals surface area (Å²) in [4.78, 5) is 12.4. The van der Waals surface area contributed by atoms with Crippen molar-refractivity contribution in [3.63, 3.8) is 0 Å². The molecule has 1 amide bonds. The third-order valence-corrected chi connectivity index (χ3v) is 3.95. The van der Waals surface area contributed by atoms with Crippen LogP contribution in [0.25, 0.3) is 0 Å². The molecule has 0 aliphatic heterocycles. The Labute approximate surface area is 151 Å². The van der Waals surface area contributed by atoms with E-state index in [0.29, 0.717) is 11.3 Å². The Morgan fingerprint density at radius 2 is 1.93 bits per heavy atom. The standard InChI is InChI=1S/C18H15F4N3O2/c1-11-15(17(26)23-9-14-3-2-8-27-14)16(18(20,21)22)24-25(11)10-12-4-6-13(19)7-5-12/h2-8H,9-10H2,1H3,(H,23,26). The van der Waals surface area contributed by atoms with Crippen LogP contribution in [0, 0.1) is 12.7 Å². The third kappa shape index (κ3) is 4.18. The number of halogens is 4. The van der Waals surface area contributed by atoms with E-state index in [4.69, 9.17) is 4.42 Å². The van der Waals surface area contributed by atoms with Gasteiger partial charge in [0.15, 0.2) is 5.69 Å². The minimum atomic E-state index is -4.80. The molecular formula is C18H15F4N3O2. The van der Waals surface area contributed by atoms with Gasteiger partial charge in [0.25, 0.3) is 5.91 Å². The van der Waals surface area contributed by atoms with Gasteiger partial charge < -0.3 is 9.73 Å². The summed E-state index contributed by atoms with van der Waals surface area (Å²) >= 11 is 0. The van der Waals surface area contributed by atoms with E-state index < -0.39 is 29.2 Å². The fraction of sp³-hybridized carbons (Fsp3) is 0.222. The second kappa shape index (κ2) is 7.26. The Kier molecular flexibility index (Phi) is 5.02. The van der Waals surface area contributed by atoms with Crippen molar-refractivity contribution < 1.29 is 26.8 Å². The molecule has 0 aliphatic rings. The molecule has 0 atom stereocenters. The van der Waals surface area contributed by atoms with E-state index in [2.05, 4.69) is 10.4 Å². The van der Waals surface area contributed by atoms with Crippen molar-refractivity contribution in [3.05, 3.63) is 76.8 Å². The Morgan fingerprint density at radius 3 is 2.52 bits per heavy atom. The van der Waals surface area contributed by atoms with E-state index in [9.17, 15) is 22.4 Å². The summed E-state index contributed by atoms with van der Waals surface area (Å²) < 4.78 is 59.3. The number of carbonyl (C=O) groups is 1. The first kappa shape index (κ1) is 18.7. The highest BCUT2D eigenvalue weighted by molar-refractivity contribution is 5.96. The van der Waals surface area contributed by atoms with E-state index in [1.54, 1.807) is 12.1 Å². The minimum absolute atomic E-state index is 0.0271. The molecular weight excluding hydrogens is 366 g/mol. The molecule has 0 bridgehead atoms. The van der Waals surface area contributed by atoms with Crippen molar-refractivity contribution in [1.29, 1.82) is 0 Å². The van der Waals surface area contributed by atoms with Crippen LogP contribution in [0.5, 0.6) is 0 Å². The minimum Gasteiger partial charge on any atom is -0.467 e. The lowest BCUT2D eigenvalue weighted by molar-refractivity contribution is -0.141. The first-order chi connectivity index (χ1) is 12.8. The van der Waals surface area contributed by atoms with Gasteiger partial charge in [0.05, 0.1) is 24.9 Å². The maximum absolute atomic E-state index is 13.4. The van der Waals surface area contributed by atoms with Crippen molar-refractivity contribution in [2.75, 3.05) is 0 Å². The Hall–Kier alpha value is -3.10. The number of amides is 1. The van der Waals surface area contributed by atoms with E-state index in [-0.39, 0.29) is 18.8 Å². The second-order valence-electron chi connectivity index (χ2n) is 5.85. The first-order valence-corrected chi connectivity index (χ1v) is 7.95. The maximum atomic E-state index is 13.4. The van der Waals surface area contributed by atoms with Crippen LogP contribution < -0.4 is 5.32 Å². The molecule has 0 saturated carbocycles. The molecule has 0 fully saturated rings. The summed E-state index contributed by atoms with van der Waals surface area (Å²) in [6.07, 6.45) is -3.40. The highest BCUT2D eigenvalue weighted by Crippen LogP contribution is 2.32. The lowest BCUT2D eigenvalue weighted by Crippen LogP contribution is -2.25. The van der Waals surface area contributed by atoms with Gasteiger partial charge in [-0.2, -0.15) is 18.3 Å². The molecule has 0 spiro atoms. The molecule has 1 N–H and O–H groups in total. The molecule has 3 aromatic rings. The van der Waals surface area contributed by atoms with Gasteiger partial charge in [-0.25, -0.2) is 4.39 Å². The average molecular weight is 381 g/mol. The highest BCUT2D eigenvalue weighted by atomic mass is 19.4. The zero-order chi connectivity index (χ0) is 19.6. The molecule has 1 aromatic carbocycles. The average Bonchev–Trinajstić information content (AvgIpc) is 3.23. The fourth-order valence-electron chi connectivity index (χ4n) is 2.60. The van der Waals surface area contributed by atoms with E-state index in [0.717, 1.165) is 4.68 Å². The van der Waals surface area contributed by atoms with Crippen LogP contribution in [0.2, 0.25) is 0 Å². The Bertz CT molecular complexity index is 929. The summed E-state index contributed by atoms with van der Waals surface area (Å²) in [6, 6.07) is 8.50. The van der Waals surface area contributed by atoms with Gasteiger partial charge in [-0.05, 0) is 36.8 Å². The number of benzene rings is 1. The number of hydrogen-bond donors (Lipinski definition) is 1. The van der Waals surface area contributed by atoms with Gasteiger partial charge in [-0.3, -0.25) is 9.48 Å². The molecule has 2 heterocycles. The largest absolute Gasteiger partial charge is 0.467 e. The first-order valence-electron chi connectivity index (χ1n) is 7.95. The molecule has 9 heteroatoms. The summed E-state index contributed by atoms with van der Waals surface area (Å²) in [7, 11) is 0. The Balaban J connectivity index is 1.90. The molecule has 0 unspecified atom stereocenters. The zero-order valence-electron chi connectivity index (χ0n) is 14.2. The van der Waals surface area contributed by atoms with Crippen LogP contribution in [-0.4, -0.2) is 15.7 Å². The highest BCUT2D eigenvalue weighted by Gasteiger charge is 2.40. The van der Waals surface area contributed by atoms with E-state index >= 15 is 0 Å². The van der Waals surface area contributed by atoms with Crippen molar-refractivity contribution in [1.82, 2.24) is 15.1 Å². The van der Waals surface area contributed by atoms with Crippen LogP contribution in [0.3, 0.4) is 0 Å². The van der Waals surface area contributed by atoms with Gasteiger partial charge in [-0.1, -0.05) is 12.1 Å². The summed E-state index contributed by atoms with van der Waals surface area (Å²) in [5, 5.41) is 5.98. The van der Waals surface area contributed by atoms with Crippen molar-refractivity contribution in [3.8, 4) is 0 Å². The van der Waals surface area contributed by atoms with Crippen LogP contribution in [-0.2, 0) is 19.3 Å². The number of nitrogens with zero attached hydrogens (tertiary/aromatic N) is 2. The molecule has 2 aromatic heterocycles. The van der Waals surface area contributed by atoms with Gasteiger partial charge in [0.1, 0.15) is 11.6 Å². The van der Waals surface area contributed by atoms with Crippen LogP contribution >= 0.6 is 0 Å². The van der Waals surface area contributed by atoms with E-state index in [1.807, 2.05) is 0 Å². The van der Waals surface area contributed by atoms with Gasteiger partial charge >= 0.3 is 6.18 Å². The normalized spacial score (nSPS) is 11.6. The molecule has 0 radical (unpaired) electrons. The quantitative estimate of drug-likeness (QED) is 0.682. The Morgan fingerprint density at radius 1 is 1.22 bits per heavy atom. The SMILES string of the molecule is Cc1c(C(=O)NCc2ccco2)c(C(F)(F)F)nn1Cc1ccc(F)cc1. The number of carbonyl (C=O) groups excluding carboxylic acids is 1. The smallest absolute Gasteiger partial charge is 0.435 e. The summed E-state index contributed by atoms with van der Waals surface area (Å²) in [5.74, 6) is -0.945. The van der Waals surface area contributed by atoms with Crippen molar-refractivity contribution in [2.24, 2.45) is 0 Å². The van der Waals surface area contributed by atoms with Crippen molar-refractivity contribution >= 4 is 5.91 Å². The summed E-state index contributed by atoms with van der Waals surface area (Å²) in [6.45, 7) is 1.31. The lowest BCUT2D eigenvalue weighted by Gasteiger charge is -2.07. The molecule has 27 heavy (non-hydrogen) atoms. The maximum Gasteiger partial charge on any atom is 0.435 e. The number of aromatic nitrogens is 2. The van der Waals surface area contributed by atoms with Crippen LogP contribution in [0.4, 0.5) is 17.6 Å². The van der Waals surface area contributed by atoms with Gasteiger partial charge in [0, 0.05) is 5.69 Å². The molecule has 0 aliphatic carbocycles. The second-order valence-corrected chi connectivity index (χ2v) is 5.85. The van der Waals surface area contributed by atoms with Crippen LogP contribution in [0.1, 0.15) is 33.1 Å². The van der Waals surface area contributed by atoms with Gasteiger partial charge in [-0.15, -0.1) is 0 Å². The predicted molar refractivity (Wildman–Crippen MR) is 87.3 cm³/mol. The lowest BCUT2D eigenvalue weighted by atomic mass is 10.1. The molecule has 5 nitrogen and oxygen atoms in total. The number of alkyl halides is 3. The predicted octanol–water partition coefficient (Wildman–Crippen LogP) is 3.92. The van der Waals surface area contributed by atoms with Crippen molar-refractivity contribution in [2.45, 2.75) is 26.2 Å². The number of rotatable bonds is 5. The van der Waals surface area contributed by atoms with E-state index in [1.165, 1.54) is 37.5 Å². The summed E-state index contributed by atoms with van der Waals surface area (Å²) in [5.41, 5.74) is -1.20. The monoisotopic (exact) mass is 381 g/mol. The number of nitrogens with one attached hydrogen (secondary N) is 1. The topological polar surface area (TPSA) is 60.1 Å².